The predicted molar refractivity (Wildman–Crippen MR) is 81.2 cm³/mol. The van der Waals surface area contributed by atoms with Crippen molar-refractivity contribution in [3.05, 3.63) is 30.6 Å². The standard InChI is InChI=1S/C16H21N3/c1-16(7-2-3-8-16)11-19-15-5-4-14(17)13-10-18-9-6-12(13)15/h4-6,9-10,19H,2-3,7-8,11,17H2,1H3. The van der Waals surface area contributed by atoms with Crippen LogP contribution in [0.2, 0.25) is 0 Å². The molecule has 3 N–H and O–H groups in total. The van der Waals surface area contributed by atoms with Gasteiger partial charge in [-0.3, -0.25) is 4.98 Å². The number of hydrogen-bond acceptors (Lipinski definition) is 3. The molecule has 1 saturated carbocycles. The van der Waals surface area contributed by atoms with Crippen LogP contribution in [-0.4, -0.2) is 11.5 Å². The number of pyridine rings is 1. The number of nitrogen functional groups attached to an aromatic ring is 1. The minimum Gasteiger partial charge on any atom is -0.398 e. The van der Waals surface area contributed by atoms with Gasteiger partial charge in [0.1, 0.15) is 0 Å². The predicted octanol–water partition coefficient (Wildman–Crippen LogP) is 3.81. The maximum Gasteiger partial charge on any atom is 0.0422 e. The molecule has 0 atom stereocenters. The van der Waals surface area contributed by atoms with E-state index < -0.39 is 0 Å². The van der Waals surface area contributed by atoms with Crippen molar-refractivity contribution in [1.29, 1.82) is 0 Å². The first kappa shape index (κ1) is 12.3. The van der Waals surface area contributed by atoms with E-state index in [2.05, 4.69) is 23.3 Å². The van der Waals surface area contributed by atoms with Gasteiger partial charge in [0, 0.05) is 41.1 Å². The van der Waals surface area contributed by atoms with Gasteiger partial charge >= 0.3 is 0 Å². The molecule has 100 valence electrons. The lowest BCUT2D eigenvalue weighted by Gasteiger charge is -2.25. The molecule has 1 heterocycles. The largest absolute Gasteiger partial charge is 0.398 e. The molecule has 3 nitrogen and oxygen atoms in total. The third kappa shape index (κ3) is 2.37. The van der Waals surface area contributed by atoms with Crippen LogP contribution in [0.5, 0.6) is 0 Å². The molecule has 0 saturated heterocycles. The van der Waals surface area contributed by atoms with Crippen LogP contribution in [0.3, 0.4) is 0 Å². The first-order valence-electron chi connectivity index (χ1n) is 7.04. The Hall–Kier alpha value is -1.77. The highest BCUT2D eigenvalue weighted by Crippen LogP contribution is 2.38. The normalized spacial score (nSPS) is 17.7. The highest BCUT2D eigenvalue weighted by molar-refractivity contribution is 6.00. The number of nitrogens with zero attached hydrogens (tertiary/aromatic N) is 1. The molecule has 1 aromatic heterocycles. The Bertz CT molecular complexity index is 586. The minimum atomic E-state index is 0.445. The van der Waals surface area contributed by atoms with Crippen LogP contribution in [0.4, 0.5) is 11.4 Å². The Morgan fingerprint density at radius 1 is 1.21 bits per heavy atom. The third-order valence-electron chi connectivity index (χ3n) is 4.37. The van der Waals surface area contributed by atoms with Gasteiger partial charge in [-0.05, 0) is 36.5 Å². The SMILES string of the molecule is CC1(CNc2ccc(N)c3cnccc23)CCCC1. The summed E-state index contributed by atoms with van der Waals surface area (Å²) in [6.45, 7) is 3.42. The summed E-state index contributed by atoms with van der Waals surface area (Å²) < 4.78 is 0. The third-order valence-corrected chi connectivity index (χ3v) is 4.37. The van der Waals surface area contributed by atoms with E-state index in [-0.39, 0.29) is 0 Å². The van der Waals surface area contributed by atoms with Crippen molar-refractivity contribution in [3.63, 3.8) is 0 Å². The molecule has 0 spiro atoms. The molecule has 0 bridgehead atoms. The lowest BCUT2D eigenvalue weighted by molar-refractivity contribution is 0.362. The van der Waals surface area contributed by atoms with Crippen molar-refractivity contribution >= 4 is 22.1 Å². The zero-order valence-corrected chi connectivity index (χ0v) is 11.4. The van der Waals surface area contributed by atoms with Gasteiger partial charge in [0.05, 0.1) is 0 Å². The Kier molecular flexibility index (Phi) is 3.05. The number of rotatable bonds is 3. The van der Waals surface area contributed by atoms with Gasteiger partial charge in [0.15, 0.2) is 0 Å². The number of aromatic nitrogens is 1. The van der Waals surface area contributed by atoms with Gasteiger partial charge in [0.2, 0.25) is 0 Å². The average molecular weight is 255 g/mol. The van der Waals surface area contributed by atoms with E-state index in [4.69, 9.17) is 5.73 Å². The Labute approximate surface area is 114 Å². The van der Waals surface area contributed by atoms with Crippen LogP contribution in [-0.2, 0) is 0 Å². The van der Waals surface area contributed by atoms with Crippen LogP contribution >= 0.6 is 0 Å². The average Bonchev–Trinajstić information content (AvgIpc) is 2.86. The molecule has 1 aromatic carbocycles. The number of fused-ring (bicyclic) bond motifs is 1. The monoisotopic (exact) mass is 255 g/mol. The zero-order valence-electron chi connectivity index (χ0n) is 11.4. The van der Waals surface area contributed by atoms with E-state index in [1.807, 2.05) is 24.5 Å². The molecule has 0 aliphatic heterocycles. The number of anilines is 2. The fourth-order valence-corrected chi connectivity index (χ4v) is 3.08. The summed E-state index contributed by atoms with van der Waals surface area (Å²) in [6, 6.07) is 6.07. The van der Waals surface area contributed by atoms with Crippen LogP contribution in [0.1, 0.15) is 32.6 Å². The molecule has 1 aliphatic rings. The van der Waals surface area contributed by atoms with Crippen molar-refractivity contribution in [2.75, 3.05) is 17.6 Å². The maximum atomic E-state index is 6.00. The molecule has 3 rings (SSSR count). The molecular formula is C16H21N3. The van der Waals surface area contributed by atoms with Crippen LogP contribution in [0.25, 0.3) is 10.8 Å². The van der Waals surface area contributed by atoms with Gasteiger partial charge < -0.3 is 11.1 Å². The van der Waals surface area contributed by atoms with Gasteiger partial charge in [0.25, 0.3) is 0 Å². The molecule has 19 heavy (non-hydrogen) atoms. The van der Waals surface area contributed by atoms with Crippen LogP contribution in [0.15, 0.2) is 30.6 Å². The summed E-state index contributed by atoms with van der Waals surface area (Å²) in [7, 11) is 0. The van der Waals surface area contributed by atoms with Crippen molar-refractivity contribution < 1.29 is 0 Å². The summed E-state index contributed by atoms with van der Waals surface area (Å²) in [5, 5.41) is 5.81. The molecule has 0 unspecified atom stereocenters. The van der Waals surface area contributed by atoms with Gasteiger partial charge in [-0.25, -0.2) is 0 Å². The quantitative estimate of drug-likeness (QED) is 0.820. The van der Waals surface area contributed by atoms with E-state index in [9.17, 15) is 0 Å². The second-order valence-electron chi connectivity index (χ2n) is 5.99. The highest BCUT2D eigenvalue weighted by Gasteiger charge is 2.28. The molecule has 0 amide bonds. The van der Waals surface area contributed by atoms with Gasteiger partial charge in [-0.2, -0.15) is 0 Å². The lowest BCUT2D eigenvalue weighted by atomic mass is 9.89. The molecule has 0 radical (unpaired) electrons. The second kappa shape index (κ2) is 4.72. The van der Waals surface area contributed by atoms with Gasteiger partial charge in [-0.15, -0.1) is 0 Å². The second-order valence-corrected chi connectivity index (χ2v) is 5.99. The summed E-state index contributed by atoms with van der Waals surface area (Å²) in [6.07, 6.45) is 9.05. The van der Waals surface area contributed by atoms with E-state index in [1.165, 1.54) is 31.4 Å². The van der Waals surface area contributed by atoms with Crippen LogP contribution < -0.4 is 11.1 Å². The number of benzene rings is 1. The Balaban J connectivity index is 1.87. The van der Waals surface area contributed by atoms with E-state index in [1.54, 1.807) is 0 Å². The smallest absolute Gasteiger partial charge is 0.0422 e. The first-order valence-corrected chi connectivity index (χ1v) is 7.04. The Morgan fingerprint density at radius 2 is 2.00 bits per heavy atom. The van der Waals surface area contributed by atoms with Crippen molar-refractivity contribution in [2.24, 2.45) is 5.41 Å². The fraction of sp³-hybridized carbons (Fsp3) is 0.438. The fourth-order valence-electron chi connectivity index (χ4n) is 3.08. The van der Waals surface area contributed by atoms with E-state index in [0.717, 1.165) is 23.0 Å². The topological polar surface area (TPSA) is 50.9 Å². The van der Waals surface area contributed by atoms with Crippen LogP contribution in [0, 0.1) is 5.41 Å². The first-order chi connectivity index (χ1) is 9.18. The summed E-state index contributed by atoms with van der Waals surface area (Å²) >= 11 is 0. The molecule has 1 fully saturated rings. The van der Waals surface area contributed by atoms with Crippen molar-refractivity contribution in [1.82, 2.24) is 4.98 Å². The summed E-state index contributed by atoms with van der Waals surface area (Å²) in [5.41, 5.74) is 8.41. The maximum absolute atomic E-state index is 6.00. The number of nitrogens with one attached hydrogen (secondary N) is 1. The molecule has 2 aromatic rings. The molecular weight excluding hydrogens is 234 g/mol. The molecule has 1 aliphatic carbocycles. The number of nitrogens with two attached hydrogens (primary N) is 1. The van der Waals surface area contributed by atoms with Crippen molar-refractivity contribution in [3.8, 4) is 0 Å². The lowest BCUT2D eigenvalue weighted by Crippen LogP contribution is -2.23. The van der Waals surface area contributed by atoms with Crippen molar-refractivity contribution in [2.45, 2.75) is 32.6 Å². The number of hydrogen-bond donors (Lipinski definition) is 2. The highest BCUT2D eigenvalue weighted by atomic mass is 14.9. The summed E-state index contributed by atoms with van der Waals surface area (Å²) in [5.74, 6) is 0. The zero-order chi connectivity index (χ0) is 13.3. The Morgan fingerprint density at radius 3 is 2.79 bits per heavy atom. The van der Waals surface area contributed by atoms with E-state index >= 15 is 0 Å². The van der Waals surface area contributed by atoms with Gasteiger partial charge in [-0.1, -0.05) is 19.8 Å². The van der Waals surface area contributed by atoms with E-state index in [0.29, 0.717) is 5.41 Å². The summed E-state index contributed by atoms with van der Waals surface area (Å²) in [4.78, 5) is 4.16. The molecule has 3 heteroatoms. The minimum absolute atomic E-state index is 0.445.